The van der Waals surface area contributed by atoms with Crippen molar-refractivity contribution in [3.05, 3.63) is 29.3 Å². The number of anilines is 1. The second kappa shape index (κ2) is 9.18. The lowest BCUT2D eigenvalue weighted by Crippen LogP contribution is -2.48. The topological polar surface area (TPSA) is 152 Å². The predicted molar refractivity (Wildman–Crippen MR) is 102 cm³/mol. The van der Waals surface area contributed by atoms with Crippen LogP contribution in [0.25, 0.3) is 0 Å². The van der Waals surface area contributed by atoms with E-state index in [1.165, 1.54) is 0 Å². The van der Waals surface area contributed by atoms with Crippen LogP contribution in [-0.4, -0.2) is 42.8 Å². The number of benzene rings is 1. The molecule has 0 fully saturated rings. The third-order valence-electron chi connectivity index (χ3n) is 3.75. The first-order valence-corrected chi connectivity index (χ1v) is 9.15. The van der Waals surface area contributed by atoms with E-state index >= 15 is 0 Å². The number of carbonyl (C=O) groups is 3. The molecule has 0 saturated carbocycles. The van der Waals surface area contributed by atoms with Gasteiger partial charge in [0.15, 0.2) is 5.96 Å². The van der Waals surface area contributed by atoms with Crippen LogP contribution in [0.1, 0.15) is 28.8 Å². The largest absolute Gasteiger partial charge is 0.370 e. The van der Waals surface area contributed by atoms with Crippen molar-refractivity contribution in [1.29, 1.82) is 0 Å². The highest BCUT2D eigenvalue weighted by atomic mass is 79.9. The lowest BCUT2D eigenvalue weighted by atomic mass is 10.1. The zero-order valence-corrected chi connectivity index (χ0v) is 15.6. The molecule has 0 aliphatic carbocycles. The van der Waals surface area contributed by atoms with E-state index in [-0.39, 0.29) is 12.5 Å². The van der Waals surface area contributed by atoms with Crippen LogP contribution in [0.2, 0.25) is 0 Å². The van der Waals surface area contributed by atoms with Crippen LogP contribution in [0, 0.1) is 0 Å². The summed E-state index contributed by atoms with van der Waals surface area (Å²) in [7, 11) is 0. The molecule has 3 amide bonds. The molecule has 1 atom stereocenters. The van der Waals surface area contributed by atoms with E-state index in [0.29, 0.717) is 36.0 Å². The molecule has 0 spiro atoms. The first kappa shape index (κ1) is 19.7. The molecule has 9 nitrogen and oxygen atoms in total. The molecule has 1 aromatic rings. The highest BCUT2D eigenvalue weighted by Gasteiger charge is 2.24. The maximum atomic E-state index is 12.6. The molecule has 10 heteroatoms. The minimum absolute atomic E-state index is 0.0244. The average molecular weight is 425 g/mol. The Labute approximate surface area is 159 Å². The summed E-state index contributed by atoms with van der Waals surface area (Å²) in [6.07, 6.45) is 0.870. The summed E-state index contributed by atoms with van der Waals surface area (Å²) in [4.78, 5) is 40.7. The molecule has 1 aliphatic rings. The highest BCUT2D eigenvalue weighted by Crippen LogP contribution is 2.20. The Morgan fingerprint density at radius 3 is 2.73 bits per heavy atom. The van der Waals surface area contributed by atoms with Crippen molar-refractivity contribution in [2.45, 2.75) is 24.2 Å². The standard InChI is InChI=1S/C16H21BrN6O3/c17-7-9-3-4-11-10(6-9)14(25)21-8-13(24)22-12(15(26)23-11)2-1-5-20-16(18)19/h3-4,6,12H,1-2,5,7-8H2,(H,21,25)(H,22,24)(H,23,26)(H4,18,19,20). The van der Waals surface area contributed by atoms with E-state index in [1.807, 2.05) is 0 Å². The van der Waals surface area contributed by atoms with Gasteiger partial charge < -0.3 is 27.4 Å². The quantitative estimate of drug-likeness (QED) is 0.192. The molecule has 1 unspecified atom stereocenters. The van der Waals surface area contributed by atoms with E-state index in [9.17, 15) is 14.4 Å². The zero-order valence-electron chi connectivity index (χ0n) is 14.0. The molecule has 0 radical (unpaired) electrons. The molecule has 0 bridgehead atoms. The van der Waals surface area contributed by atoms with Crippen LogP contribution < -0.4 is 27.4 Å². The van der Waals surface area contributed by atoms with E-state index in [1.54, 1.807) is 18.2 Å². The first-order chi connectivity index (χ1) is 12.4. The fraction of sp³-hybridized carbons (Fsp3) is 0.375. The second-order valence-corrected chi connectivity index (χ2v) is 6.32. The van der Waals surface area contributed by atoms with Gasteiger partial charge in [-0.3, -0.25) is 19.4 Å². The monoisotopic (exact) mass is 424 g/mol. The summed E-state index contributed by atoms with van der Waals surface area (Å²) in [6.45, 7) is 0.137. The van der Waals surface area contributed by atoms with Crippen molar-refractivity contribution >= 4 is 45.3 Å². The van der Waals surface area contributed by atoms with Gasteiger partial charge >= 0.3 is 0 Å². The number of guanidine groups is 1. The summed E-state index contributed by atoms with van der Waals surface area (Å²) in [6, 6.07) is 4.39. The van der Waals surface area contributed by atoms with Gasteiger partial charge in [0.2, 0.25) is 11.8 Å². The van der Waals surface area contributed by atoms with Gasteiger partial charge in [-0.2, -0.15) is 0 Å². The van der Waals surface area contributed by atoms with Crippen molar-refractivity contribution in [3.8, 4) is 0 Å². The molecule has 1 aliphatic heterocycles. The van der Waals surface area contributed by atoms with Gasteiger partial charge in [-0.25, -0.2) is 0 Å². The lowest BCUT2D eigenvalue weighted by Gasteiger charge is -2.21. The maximum absolute atomic E-state index is 12.6. The van der Waals surface area contributed by atoms with Crippen LogP contribution in [0.3, 0.4) is 0 Å². The lowest BCUT2D eigenvalue weighted by molar-refractivity contribution is -0.126. The number of hydrogen-bond donors (Lipinski definition) is 5. The number of nitrogens with one attached hydrogen (secondary N) is 3. The van der Waals surface area contributed by atoms with Gasteiger partial charge in [-0.1, -0.05) is 22.0 Å². The van der Waals surface area contributed by atoms with Crippen molar-refractivity contribution in [2.24, 2.45) is 16.5 Å². The Balaban J connectivity index is 2.21. The molecule has 140 valence electrons. The normalized spacial score (nSPS) is 17.4. The summed E-state index contributed by atoms with van der Waals surface area (Å²) < 4.78 is 0. The smallest absolute Gasteiger partial charge is 0.253 e. The molecule has 1 aromatic carbocycles. The van der Waals surface area contributed by atoms with E-state index < -0.39 is 23.8 Å². The maximum Gasteiger partial charge on any atom is 0.253 e. The number of rotatable bonds is 5. The Morgan fingerprint density at radius 1 is 1.27 bits per heavy atom. The van der Waals surface area contributed by atoms with Crippen molar-refractivity contribution in [3.63, 3.8) is 0 Å². The SMILES string of the molecule is NC(N)=NCCCC1NC(=O)CNC(=O)c2cc(CBr)ccc2NC1=O. The zero-order chi connectivity index (χ0) is 19.1. The molecule has 26 heavy (non-hydrogen) atoms. The molecule has 1 heterocycles. The van der Waals surface area contributed by atoms with Crippen LogP contribution in [0.5, 0.6) is 0 Å². The van der Waals surface area contributed by atoms with Crippen LogP contribution >= 0.6 is 15.9 Å². The number of fused-ring (bicyclic) bond motifs is 1. The number of aliphatic imine (C=N–C) groups is 1. The Kier molecular flexibility index (Phi) is 6.96. The summed E-state index contributed by atoms with van der Waals surface area (Å²) >= 11 is 3.33. The molecule has 7 N–H and O–H groups in total. The Bertz CT molecular complexity index is 733. The van der Waals surface area contributed by atoms with Gasteiger partial charge in [0.05, 0.1) is 17.8 Å². The number of alkyl halides is 1. The number of halogens is 1. The number of carbonyl (C=O) groups excluding carboxylic acids is 3. The average Bonchev–Trinajstić information content (AvgIpc) is 2.61. The fourth-order valence-corrected chi connectivity index (χ4v) is 2.81. The third-order valence-corrected chi connectivity index (χ3v) is 4.39. The summed E-state index contributed by atoms with van der Waals surface area (Å²) in [5.41, 5.74) is 12.1. The van der Waals surface area contributed by atoms with Crippen LogP contribution in [-0.2, 0) is 14.9 Å². The summed E-state index contributed by atoms with van der Waals surface area (Å²) in [5, 5.41) is 8.45. The van der Waals surface area contributed by atoms with E-state index in [2.05, 4.69) is 36.9 Å². The Morgan fingerprint density at radius 2 is 2.04 bits per heavy atom. The summed E-state index contributed by atoms with van der Waals surface area (Å²) in [5.74, 6) is -1.29. The van der Waals surface area contributed by atoms with E-state index in [4.69, 9.17) is 11.5 Å². The Hall–Kier alpha value is -2.62. The fourth-order valence-electron chi connectivity index (χ4n) is 2.46. The molecule has 0 aromatic heterocycles. The van der Waals surface area contributed by atoms with Crippen molar-refractivity contribution in [2.75, 3.05) is 18.4 Å². The molecule has 0 saturated heterocycles. The number of hydrogen-bond acceptors (Lipinski definition) is 4. The van der Waals surface area contributed by atoms with Crippen molar-refractivity contribution in [1.82, 2.24) is 10.6 Å². The van der Waals surface area contributed by atoms with Crippen LogP contribution in [0.15, 0.2) is 23.2 Å². The first-order valence-electron chi connectivity index (χ1n) is 8.03. The van der Waals surface area contributed by atoms with Gasteiger partial charge in [0.25, 0.3) is 5.91 Å². The van der Waals surface area contributed by atoms with E-state index in [0.717, 1.165) is 5.56 Å². The van der Waals surface area contributed by atoms with Crippen molar-refractivity contribution < 1.29 is 14.4 Å². The van der Waals surface area contributed by atoms with Gasteiger partial charge in [-0.15, -0.1) is 0 Å². The minimum Gasteiger partial charge on any atom is -0.370 e. The van der Waals surface area contributed by atoms with Gasteiger partial charge in [-0.05, 0) is 30.5 Å². The molecular formula is C16H21BrN6O3. The molecular weight excluding hydrogens is 404 g/mol. The third kappa shape index (κ3) is 5.45. The number of nitrogens with zero attached hydrogens (tertiary/aromatic N) is 1. The number of amides is 3. The minimum atomic E-state index is -0.754. The van der Waals surface area contributed by atoms with Crippen LogP contribution in [0.4, 0.5) is 5.69 Å². The second-order valence-electron chi connectivity index (χ2n) is 5.75. The number of nitrogens with two attached hydrogens (primary N) is 2. The van der Waals surface area contributed by atoms with Gasteiger partial charge in [0.1, 0.15) is 6.04 Å². The predicted octanol–water partition coefficient (Wildman–Crippen LogP) is -0.198. The highest BCUT2D eigenvalue weighted by molar-refractivity contribution is 9.08. The molecule has 2 rings (SSSR count). The van der Waals surface area contributed by atoms with Gasteiger partial charge in [0, 0.05) is 11.9 Å².